The van der Waals surface area contributed by atoms with Gasteiger partial charge in [0, 0.05) is 36.7 Å². The molecular weight excluding hydrogens is 424 g/mol. The van der Waals surface area contributed by atoms with E-state index in [4.69, 9.17) is 14.5 Å². The summed E-state index contributed by atoms with van der Waals surface area (Å²) in [6.07, 6.45) is 4.72. The normalized spacial score (nSPS) is 13.2. The average Bonchev–Trinajstić information content (AvgIpc) is 3.27. The van der Waals surface area contributed by atoms with Crippen LogP contribution >= 0.6 is 0 Å². The summed E-state index contributed by atoms with van der Waals surface area (Å²) in [5.41, 5.74) is 7.43. The molecule has 1 aliphatic rings. The highest BCUT2D eigenvalue weighted by Gasteiger charge is 2.23. The summed E-state index contributed by atoms with van der Waals surface area (Å²) >= 11 is 0. The lowest BCUT2D eigenvalue weighted by Crippen LogP contribution is -2.32. The number of aromatic nitrogens is 3. The Kier molecular flexibility index (Phi) is 6.30. The van der Waals surface area contributed by atoms with Crippen LogP contribution < -0.4 is 10.5 Å². The average molecular weight is 455 g/mol. The van der Waals surface area contributed by atoms with Crippen LogP contribution in [0.5, 0.6) is 0 Å². The highest BCUT2D eigenvalue weighted by molar-refractivity contribution is 5.79. The molecule has 0 amide bonds. The lowest BCUT2D eigenvalue weighted by atomic mass is 10.0. The van der Waals surface area contributed by atoms with Gasteiger partial charge in [0.05, 0.1) is 17.1 Å². The Morgan fingerprint density at radius 1 is 0.912 bits per heavy atom. The van der Waals surface area contributed by atoms with Crippen molar-refractivity contribution in [3.63, 3.8) is 0 Å². The maximum absolute atomic E-state index is 11.2. The van der Waals surface area contributed by atoms with Crippen molar-refractivity contribution < 1.29 is 4.52 Å². The first kappa shape index (κ1) is 22.1. The molecule has 0 unspecified atom stereocenters. The first-order valence-corrected chi connectivity index (χ1v) is 12.0. The molecule has 0 fully saturated rings. The van der Waals surface area contributed by atoms with Crippen LogP contribution in [0.3, 0.4) is 0 Å². The van der Waals surface area contributed by atoms with E-state index in [0.717, 1.165) is 79.2 Å². The van der Waals surface area contributed by atoms with E-state index in [1.165, 1.54) is 17.2 Å². The van der Waals surface area contributed by atoms with Crippen LogP contribution in [0.15, 0.2) is 63.9 Å². The largest absolute Gasteiger partial charge is 0.384 e. The minimum absolute atomic E-state index is 0.178. The molecule has 6 nitrogen and oxygen atoms in total. The number of aromatic amines is 1. The molecule has 174 valence electrons. The summed E-state index contributed by atoms with van der Waals surface area (Å²) in [5, 5.41) is 2.36. The second-order valence-electron chi connectivity index (χ2n) is 9.15. The van der Waals surface area contributed by atoms with Gasteiger partial charge in [-0.3, -0.25) is 4.79 Å². The first-order valence-electron chi connectivity index (χ1n) is 12.0. The molecule has 0 atom stereocenters. The van der Waals surface area contributed by atoms with E-state index in [2.05, 4.69) is 72.4 Å². The van der Waals surface area contributed by atoms with E-state index in [9.17, 15) is 4.79 Å². The summed E-state index contributed by atoms with van der Waals surface area (Å²) in [4.78, 5) is 24.0. The maximum atomic E-state index is 11.2. The fourth-order valence-electron chi connectivity index (χ4n) is 4.51. The van der Waals surface area contributed by atoms with Gasteiger partial charge in [-0.1, -0.05) is 59.7 Å². The molecule has 2 aromatic heterocycles. The smallest absolute Gasteiger partial charge is 0.280 e. The van der Waals surface area contributed by atoms with E-state index in [1.807, 2.05) is 0 Å². The van der Waals surface area contributed by atoms with Gasteiger partial charge in [-0.15, -0.1) is 0 Å². The quantitative estimate of drug-likeness (QED) is 0.374. The van der Waals surface area contributed by atoms with Crippen molar-refractivity contribution in [1.29, 1.82) is 0 Å². The molecule has 0 saturated heterocycles. The number of hydrogen-bond donors (Lipinski definition) is 1. The zero-order chi connectivity index (χ0) is 23.5. The fourth-order valence-corrected chi connectivity index (χ4v) is 4.51. The summed E-state index contributed by atoms with van der Waals surface area (Å²) < 4.78 is 5.17. The Labute approximate surface area is 199 Å². The van der Waals surface area contributed by atoms with Crippen LogP contribution in [0.25, 0.3) is 22.5 Å². The lowest BCUT2D eigenvalue weighted by Gasteiger charge is -2.30. The Bertz CT molecular complexity index is 1320. The van der Waals surface area contributed by atoms with Gasteiger partial charge in [0.2, 0.25) is 0 Å². The fraction of sp³-hybridized carbons (Fsp3) is 0.321. The van der Waals surface area contributed by atoms with Crippen LogP contribution in [0.4, 0.5) is 5.82 Å². The van der Waals surface area contributed by atoms with E-state index < -0.39 is 0 Å². The second-order valence-corrected chi connectivity index (χ2v) is 9.15. The molecule has 1 N–H and O–H groups in total. The molecule has 2 aromatic carbocycles. The predicted molar refractivity (Wildman–Crippen MR) is 135 cm³/mol. The van der Waals surface area contributed by atoms with E-state index in [0.29, 0.717) is 5.76 Å². The standard InChI is InChI=1S/C28H30N4O2/c1-19-8-12-21(13-9-19)26-27(22-14-10-20(2)11-15-22)30-28-24(29-26)7-5-17-32(28)16-4-3-6-23-18-25(33)31-34-23/h8-15,18H,3-7,16-17H2,1-2H3,(H,31,33). The zero-order valence-corrected chi connectivity index (χ0v) is 19.8. The minimum atomic E-state index is -0.178. The SMILES string of the molecule is Cc1ccc(-c2nc3c(nc2-c2ccc(C)cc2)N(CCCCc2cc(=O)[nH]o2)CCC3)cc1. The van der Waals surface area contributed by atoms with Crippen LogP contribution in [0.2, 0.25) is 0 Å². The summed E-state index contributed by atoms with van der Waals surface area (Å²) in [6, 6.07) is 18.6. The number of aryl methyl sites for hydroxylation is 4. The number of benzene rings is 2. The number of unbranched alkanes of at least 4 members (excludes halogenated alkanes) is 1. The zero-order valence-electron chi connectivity index (χ0n) is 19.8. The molecular formula is C28H30N4O2. The van der Waals surface area contributed by atoms with Crippen molar-refractivity contribution in [1.82, 2.24) is 15.1 Å². The molecule has 0 bridgehead atoms. The minimum Gasteiger partial charge on any atom is -0.384 e. The number of fused-ring (bicyclic) bond motifs is 1. The van der Waals surface area contributed by atoms with Crippen molar-refractivity contribution in [2.24, 2.45) is 0 Å². The van der Waals surface area contributed by atoms with Gasteiger partial charge in [0.15, 0.2) is 5.82 Å². The number of anilines is 1. The van der Waals surface area contributed by atoms with Gasteiger partial charge in [-0.25, -0.2) is 9.97 Å². The molecule has 6 heteroatoms. The van der Waals surface area contributed by atoms with Crippen molar-refractivity contribution in [2.75, 3.05) is 18.0 Å². The Balaban J connectivity index is 1.44. The van der Waals surface area contributed by atoms with Crippen LogP contribution in [-0.2, 0) is 12.8 Å². The van der Waals surface area contributed by atoms with E-state index >= 15 is 0 Å². The van der Waals surface area contributed by atoms with Crippen molar-refractivity contribution in [2.45, 2.75) is 46.0 Å². The highest BCUT2D eigenvalue weighted by Crippen LogP contribution is 2.35. The Morgan fingerprint density at radius 3 is 2.18 bits per heavy atom. The number of nitrogens with zero attached hydrogens (tertiary/aromatic N) is 3. The second kappa shape index (κ2) is 9.67. The predicted octanol–water partition coefficient (Wildman–Crippen LogP) is 5.48. The highest BCUT2D eigenvalue weighted by atomic mass is 16.5. The molecule has 5 rings (SSSR count). The van der Waals surface area contributed by atoms with Gasteiger partial charge in [-0.2, -0.15) is 5.16 Å². The van der Waals surface area contributed by atoms with Crippen molar-refractivity contribution >= 4 is 5.82 Å². The number of H-pyrrole nitrogens is 1. The van der Waals surface area contributed by atoms with E-state index in [1.54, 1.807) is 0 Å². The summed E-state index contributed by atoms with van der Waals surface area (Å²) in [7, 11) is 0. The topological polar surface area (TPSA) is 75.0 Å². The summed E-state index contributed by atoms with van der Waals surface area (Å²) in [5.74, 6) is 1.72. The van der Waals surface area contributed by atoms with E-state index in [-0.39, 0.29) is 5.56 Å². The molecule has 1 aliphatic heterocycles. The number of rotatable bonds is 7. The van der Waals surface area contributed by atoms with Crippen LogP contribution in [-0.4, -0.2) is 28.2 Å². The molecule has 0 saturated carbocycles. The summed E-state index contributed by atoms with van der Waals surface area (Å²) in [6.45, 7) is 6.10. The molecule has 34 heavy (non-hydrogen) atoms. The van der Waals surface area contributed by atoms with Crippen LogP contribution in [0, 0.1) is 13.8 Å². The molecule has 0 spiro atoms. The van der Waals surface area contributed by atoms with Gasteiger partial charge in [0.1, 0.15) is 5.76 Å². The molecule has 0 aliphatic carbocycles. The van der Waals surface area contributed by atoms with Gasteiger partial charge in [-0.05, 0) is 39.5 Å². The maximum Gasteiger partial charge on any atom is 0.280 e. The third-order valence-corrected chi connectivity index (χ3v) is 6.41. The Morgan fingerprint density at radius 2 is 1.56 bits per heavy atom. The van der Waals surface area contributed by atoms with Gasteiger partial charge in [0.25, 0.3) is 5.56 Å². The number of hydrogen-bond acceptors (Lipinski definition) is 5. The third kappa shape index (κ3) is 4.81. The third-order valence-electron chi connectivity index (χ3n) is 6.41. The lowest BCUT2D eigenvalue weighted by molar-refractivity contribution is 0.375. The number of nitrogens with one attached hydrogen (secondary N) is 1. The van der Waals surface area contributed by atoms with Gasteiger partial charge >= 0.3 is 0 Å². The van der Waals surface area contributed by atoms with Crippen molar-refractivity contribution in [3.8, 4) is 22.5 Å². The monoisotopic (exact) mass is 454 g/mol. The van der Waals surface area contributed by atoms with Crippen LogP contribution in [0.1, 0.15) is 41.8 Å². The Hall–Kier alpha value is -3.67. The van der Waals surface area contributed by atoms with Crippen molar-refractivity contribution in [3.05, 3.63) is 87.5 Å². The first-order chi connectivity index (χ1) is 16.6. The van der Waals surface area contributed by atoms with Gasteiger partial charge < -0.3 is 9.42 Å². The molecule has 3 heterocycles. The molecule has 4 aromatic rings. The molecule has 0 radical (unpaired) electrons.